The van der Waals surface area contributed by atoms with Gasteiger partial charge in [-0.1, -0.05) is 66.0 Å². The molecule has 3 saturated carbocycles. The first-order chi connectivity index (χ1) is 19.5. The standard InChI is InChI=1S/C35H57NO5/c1-22(2)31-20-40-33(38)36(31)32(37)24(4)10-8-9-23(3)28-13-14-29-27-12-11-25-19-26(41-21-39-7)15-17-34(25,5)30(27)16-18-35(28,29)6/h11,22-24,26-31H,8-10,12-21H2,1-7H3/t23-,24-,26+,27+,28-,29+,30+,31-,34+,35-/m1/s1. The number of carbonyl (C=O) groups excluding carboxylic acids is 2. The molecule has 0 radical (unpaired) electrons. The van der Waals surface area contributed by atoms with Gasteiger partial charge in [0.2, 0.25) is 5.91 Å². The quantitative estimate of drug-likeness (QED) is 0.196. The van der Waals surface area contributed by atoms with Crippen molar-refractivity contribution < 1.29 is 23.8 Å². The molecular formula is C35H57NO5. The summed E-state index contributed by atoms with van der Waals surface area (Å²) < 4.78 is 16.4. The lowest BCUT2D eigenvalue weighted by molar-refractivity contribution is -0.133. The number of ether oxygens (including phenoxy) is 3. The van der Waals surface area contributed by atoms with E-state index in [1.807, 2.05) is 6.92 Å². The van der Waals surface area contributed by atoms with Crippen molar-refractivity contribution in [3.63, 3.8) is 0 Å². The number of allylic oxidation sites excluding steroid dienone is 1. The van der Waals surface area contributed by atoms with Crippen molar-refractivity contribution >= 4 is 12.0 Å². The molecule has 1 aliphatic heterocycles. The summed E-state index contributed by atoms with van der Waals surface area (Å²) >= 11 is 0. The molecule has 5 aliphatic rings. The summed E-state index contributed by atoms with van der Waals surface area (Å²) in [6, 6.07) is -0.131. The van der Waals surface area contributed by atoms with Gasteiger partial charge in [0.05, 0.1) is 12.1 Å². The Labute approximate surface area is 249 Å². The topological polar surface area (TPSA) is 65.1 Å². The summed E-state index contributed by atoms with van der Waals surface area (Å²) in [7, 11) is 1.71. The average Bonchev–Trinajstić information content (AvgIpc) is 3.51. The Morgan fingerprint density at radius 1 is 1.07 bits per heavy atom. The number of hydrogen-bond acceptors (Lipinski definition) is 5. The van der Waals surface area contributed by atoms with Crippen LogP contribution in [0.25, 0.3) is 0 Å². The number of imide groups is 1. The van der Waals surface area contributed by atoms with E-state index in [1.54, 1.807) is 12.7 Å². The number of fused-ring (bicyclic) bond motifs is 5. The Morgan fingerprint density at radius 3 is 2.59 bits per heavy atom. The normalized spacial score (nSPS) is 40.0. The van der Waals surface area contributed by atoms with E-state index in [1.165, 1.54) is 49.8 Å². The van der Waals surface area contributed by atoms with Crippen LogP contribution in [-0.4, -0.2) is 49.6 Å². The minimum atomic E-state index is -0.458. The molecule has 232 valence electrons. The van der Waals surface area contributed by atoms with Gasteiger partial charge < -0.3 is 14.2 Å². The molecule has 6 heteroatoms. The van der Waals surface area contributed by atoms with Gasteiger partial charge in [-0.05, 0) is 104 Å². The van der Waals surface area contributed by atoms with Crippen LogP contribution in [0.3, 0.4) is 0 Å². The minimum absolute atomic E-state index is 0.0532. The number of methoxy groups -OCH3 is 1. The van der Waals surface area contributed by atoms with Crippen molar-refractivity contribution in [2.75, 3.05) is 20.5 Å². The van der Waals surface area contributed by atoms with E-state index in [9.17, 15) is 9.59 Å². The maximum absolute atomic E-state index is 13.2. The summed E-state index contributed by atoms with van der Waals surface area (Å²) in [5.74, 6) is 3.93. The molecule has 0 N–H and O–H groups in total. The third-order valence-corrected chi connectivity index (χ3v) is 12.9. The highest BCUT2D eigenvalue weighted by Crippen LogP contribution is 2.67. The average molecular weight is 572 g/mol. The molecule has 5 rings (SSSR count). The van der Waals surface area contributed by atoms with Crippen molar-refractivity contribution in [1.82, 2.24) is 4.90 Å². The Hall–Kier alpha value is -1.40. The van der Waals surface area contributed by atoms with Crippen molar-refractivity contribution in [3.05, 3.63) is 11.6 Å². The van der Waals surface area contributed by atoms with Crippen LogP contribution in [0, 0.1) is 52.3 Å². The maximum Gasteiger partial charge on any atom is 0.416 e. The van der Waals surface area contributed by atoms with Crippen LogP contribution >= 0.6 is 0 Å². The van der Waals surface area contributed by atoms with Crippen molar-refractivity contribution in [2.24, 2.45) is 52.3 Å². The lowest BCUT2D eigenvalue weighted by Gasteiger charge is -2.58. The third-order valence-electron chi connectivity index (χ3n) is 12.9. The smallest absolute Gasteiger partial charge is 0.416 e. The molecule has 1 saturated heterocycles. The number of hydrogen-bond donors (Lipinski definition) is 0. The molecule has 0 aromatic heterocycles. The number of carbonyl (C=O) groups is 2. The van der Waals surface area contributed by atoms with Crippen LogP contribution in [0.15, 0.2) is 11.6 Å². The predicted octanol–water partition coefficient (Wildman–Crippen LogP) is 8.00. The van der Waals surface area contributed by atoms with Crippen molar-refractivity contribution in [3.8, 4) is 0 Å². The highest BCUT2D eigenvalue weighted by molar-refractivity contribution is 5.94. The number of rotatable bonds is 10. The summed E-state index contributed by atoms with van der Waals surface area (Å²) in [5.41, 5.74) is 2.45. The molecule has 1 heterocycles. The first-order valence-corrected chi connectivity index (χ1v) is 16.8. The van der Waals surface area contributed by atoms with Gasteiger partial charge in [0.1, 0.15) is 13.4 Å². The first-order valence-electron chi connectivity index (χ1n) is 16.8. The fraction of sp³-hybridized carbons (Fsp3) is 0.886. The van der Waals surface area contributed by atoms with E-state index in [0.29, 0.717) is 36.3 Å². The molecule has 6 nitrogen and oxygen atoms in total. The SMILES string of the molecule is COCO[C@H]1CC[C@@]2(C)C(=CC[C@H]3[C@@H]4CC[C@H]([C@H](C)CCC[C@@H](C)C(=O)N5C(=O)OC[C@@H]5C(C)C)[C@@]4(C)CC[C@@H]32)C1. The van der Waals surface area contributed by atoms with Crippen LogP contribution in [0.4, 0.5) is 4.79 Å². The number of nitrogens with zero attached hydrogens (tertiary/aromatic N) is 1. The molecule has 0 aromatic carbocycles. The lowest BCUT2D eigenvalue weighted by Crippen LogP contribution is -2.51. The van der Waals surface area contributed by atoms with Gasteiger partial charge in [-0.2, -0.15) is 0 Å². The van der Waals surface area contributed by atoms with Crippen molar-refractivity contribution in [2.45, 2.75) is 124 Å². The summed E-state index contributed by atoms with van der Waals surface area (Å²) in [6.07, 6.45) is 15.8. The Morgan fingerprint density at radius 2 is 1.85 bits per heavy atom. The second kappa shape index (κ2) is 12.3. The minimum Gasteiger partial charge on any atom is -0.447 e. The van der Waals surface area contributed by atoms with E-state index < -0.39 is 6.09 Å². The summed E-state index contributed by atoms with van der Waals surface area (Å²) in [4.78, 5) is 26.9. The lowest BCUT2D eigenvalue weighted by atomic mass is 9.47. The second-order valence-electron chi connectivity index (χ2n) is 15.3. The predicted molar refractivity (Wildman–Crippen MR) is 161 cm³/mol. The Balaban J connectivity index is 1.17. The molecular weight excluding hydrogens is 514 g/mol. The summed E-state index contributed by atoms with van der Waals surface area (Å²) in [5, 5.41) is 0. The molecule has 2 amide bonds. The molecule has 4 fully saturated rings. The molecule has 41 heavy (non-hydrogen) atoms. The first kappa shape index (κ1) is 31.0. The number of amides is 2. The second-order valence-corrected chi connectivity index (χ2v) is 15.3. The molecule has 0 bridgehead atoms. The fourth-order valence-electron chi connectivity index (χ4n) is 10.4. The van der Waals surface area contributed by atoms with Crippen molar-refractivity contribution in [1.29, 1.82) is 0 Å². The van der Waals surface area contributed by atoms with Gasteiger partial charge >= 0.3 is 6.09 Å². The van der Waals surface area contributed by atoms with Gasteiger partial charge in [0, 0.05) is 13.0 Å². The largest absolute Gasteiger partial charge is 0.447 e. The van der Waals surface area contributed by atoms with E-state index in [0.717, 1.165) is 49.4 Å². The van der Waals surface area contributed by atoms with E-state index in [2.05, 4.69) is 40.7 Å². The van der Waals surface area contributed by atoms with E-state index in [4.69, 9.17) is 14.2 Å². The summed E-state index contributed by atoms with van der Waals surface area (Å²) in [6.45, 7) is 14.5. The number of cyclic esters (lactones) is 1. The van der Waals surface area contributed by atoms with Gasteiger partial charge in [0.25, 0.3) is 0 Å². The Kier molecular flexibility index (Phi) is 9.31. The van der Waals surface area contributed by atoms with E-state index >= 15 is 0 Å². The van der Waals surface area contributed by atoms with Crippen LogP contribution in [0.1, 0.15) is 112 Å². The highest BCUT2D eigenvalue weighted by Gasteiger charge is 2.59. The highest BCUT2D eigenvalue weighted by atomic mass is 16.7. The van der Waals surface area contributed by atoms with Gasteiger partial charge in [0.15, 0.2) is 0 Å². The zero-order valence-electron chi connectivity index (χ0n) is 27.0. The van der Waals surface area contributed by atoms with Gasteiger partial charge in [-0.25, -0.2) is 9.69 Å². The molecule has 0 unspecified atom stereocenters. The van der Waals surface area contributed by atoms with Crippen LogP contribution in [0.5, 0.6) is 0 Å². The van der Waals surface area contributed by atoms with Gasteiger partial charge in [-0.3, -0.25) is 4.79 Å². The molecule has 4 aliphatic carbocycles. The third kappa shape index (κ3) is 5.66. The van der Waals surface area contributed by atoms with Crippen LogP contribution in [-0.2, 0) is 19.0 Å². The fourth-order valence-corrected chi connectivity index (χ4v) is 10.4. The molecule has 0 spiro atoms. The van der Waals surface area contributed by atoms with Crippen LogP contribution < -0.4 is 0 Å². The van der Waals surface area contributed by atoms with Crippen LogP contribution in [0.2, 0.25) is 0 Å². The Bertz CT molecular complexity index is 993. The van der Waals surface area contributed by atoms with Gasteiger partial charge in [-0.15, -0.1) is 0 Å². The monoisotopic (exact) mass is 571 g/mol. The zero-order chi connectivity index (χ0) is 29.5. The molecule has 10 atom stereocenters. The zero-order valence-corrected chi connectivity index (χ0v) is 27.0. The molecule has 0 aromatic rings. The maximum atomic E-state index is 13.2. The van der Waals surface area contributed by atoms with E-state index in [-0.39, 0.29) is 23.8 Å².